The summed E-state index contributed by atoms with van der Waals surface area (Å²) in [5.74, 6) is 0.467. The number of benzene rings is 1. The molecule has 0 aromatic heterocycles. The molecule has 94 valence electrons. The summed E-state index contributed by atoms with van der Waals surface area (Å²) in [7, 11) is -2.90. The maximum atomic E-state index is 11.5. The Morgan fingerprint density at radius 1 is 1.41 bits per heavy atom. The van der Waals surface area contributed by atoms with Crippen molar-refractivity contribution < 1.29 is 8.42 Å². The Kier molecular flexibility index (Phi) is 3.49. The molecular formula is C11H15ClN2O2S. The molecular weight excluding hydrogens is 260 g/mol. The van der Waals surface area contributed by atoms with Gasteiger partial charge in [-0.25, -0.2) is 8.42 Å². The molecule has 1 aromatic rings. The lowest BCUT2D eigenvalue weighted by Gasteiger charge is -2.24. The highest BCUT2D eigenvalue weighted by molar-refractivity contribution is 7.91. The molecule has 2 rings (SSSR count). The van der Waals surface area contributed by atoms with Crippen LogP contribution in [0, 0.1) is 0 Å². The summed E-state index contributed by atoms with van der Waals surface area (Å²) in [6, 6.07) is 5.11. The number of hydrogen-bond acceptors (Lipinski definition) is 4. The second kappa shape index (κ2) is 4.74. The molecule has 0 saturated carbocycles. The van der Waals surface area contributed by atoms with Crippen molar-refractivity contribution >= 4 is 32.8 Å². The van der Waals surface area contributed by atoms with Gasteiger partial charge < -0.3 is 11.1 Å². The van der Waals surface area contributed by atoms with E-state index in [1.165, 1.54) is 0 Å². The van der Waals surface area contributed by atoms with E-state index in [1.807, 2.05) is 0 Å². The van der Waals surface area contributed by atoms with Gasteiger partial charge in [0, 0.05) is 11.7 Å². The van der Waals surface area contributed by atoms with Crippen LogP contribution in [-0.2, 0) is 9.84 Å². The van der Waals surface area contributed by atoms with E-state index in [2.05, 4.69) is 5.32 Å². The van der Waals surface area contributed by atoms with Crippen LogP contribution < -0.4 is 11.1 Å². The summed E-state index contributed by atoms with van der Waals surface area (Å²) in [6.45, 7) is 0. The summed E-state index contributed by atoms with van der Waals surface area (Å²) in [5, 5.41) is 3.69. The largest absolute Gasteiger partial charge is 0.399 e. The summed E-state index contributed by atoms with van der Waals surface area (Å²) in [5.41, 5.74) is 6.93. The van der Waals surface area contributed by atoms with Gasteiger partial charge in [0.25, 0.3) is 0 Å². The number of rotatable bonds is 2. The fourth-order valence-corrected chi connectivity index (χ4v) is 3.88. The number of anilines is 2. The molecule has 0 radical (unpaired) electrons. The molecule has 1 aromatic carbocycles. The second-order valence-electron chi connectivity index (χ2n) is 4.34. The molecule has 17 heavy (non-hydrogen) atoms. The quantitative estimate of drug-likeness (QED) is 0.808. The SMILES string of the molecule is Nc1ccc(NC2CCCS(=O)(=O)C2)c(Cl)c1. The van der Waals surface area contributed by atoms with E-state index < -0.39 is 9.84 Å². The van der Waals surface area contributed by atoms with E-state index >= 15 is 0 Å². The minimum atomic E-state index is -2.90. The Bertz CT molecular complexity index is 516. The Morgan fingerprint density at radius 3 is 2.82 bits per heavy atom. The second-order valence-corrected chi connectivity index (χ2v) is 6.97. The molecule has 1 unspecified atom stereocenters. The van der Waals surface area contributed by atoms with Crippen LogP contribution in [0.1, 0.15) is 12.8 Å². The van der Waals surface area contributed by atoms with Crippen molar-refractivity contribution in [3.63, 3.8) is 0 Å². The molecule has 1 atom stereocenters. The van der Waals surface area contributed by atoms with E-state index in [0.29, 0.717) is 22.9 Å². The monoisotopic (exact) mass is 274 g/mol. The van der Waals surface area contributed by atoms with Gasteiger partial charge in [0.15, 0.2) is 9.84 Å². The highest BCUT2D eigenvalue weighted by Crippen LogP contribution is 2.26. The molecule has 1 saturated heterocycles. The van der Waals surface area contributed by atoms with Gasteiger partial charge in [-0.1, -0.05) is 11.6 Å². The fourth-order valence-electron chi connectivity index (χ4n) is 2.01. The Hall–Kier alpha value is -0.940. The van der Waals surface area contributed by atoms with Crippen LogP contribution in [-0.4, -0.2) is 26.0 Å². The zero-order valence-electron chi connectivity index (χ0n) is 9.32. The predicted molar refractivity (Wildman–Crippen MR) is 71.2 cm³/mol. The molecule has 1 aliphatic rings. The first-order valence-corrected chi connectivity index (χ1v) is 7.68. The van der Waals surface area contributed by atoms with Crippen LogP contribution in [0.15, 0.2) is 18.2 Å². The molecule has 4 nitrogen and oxygen atoms in total. The first-order chi connectivity index (χ1) is 7.96. The number of nitrogens with one attached hydrogen (secondary N) is 1. The van der Waals surface area contributed by atoms with Crippen LogP contribution in [0.5, 0.6) is 0 Å². The van der Waals surface area contributed by atoms with Crippen molar-refractivity contribution in [1.82, 2.24) is 0 Å². The Morgan fingerprint density at radius 2 is 2.18 bits per heavy atom. The summed E-state index contributed by atoms with van der Waals surface area (Å²) in [4.78, 5) is 0. The summed E-state index contributed by atoms with van der Waals surface area (Å²) < 4.78 is 23.0. The zero-order valence-corrected chi connectivity index (χ0v) is 10.9. The van der Waals surface area contributed by atoms with Crippen molar-refractivity contribution in [1.29, 1.82) is 0 Å². The third kappa shape index (κ3) is 3.26. The molecule has 0 bridgehead atoms. The molecule has 0 amide bonds. The number of halogens is 1. The minimum absolute atomic E-state index is 0.0603. The zero-order chi connectivity index (χ0) is 12.5. The standard InChI is InChI=1S/C11H15ClN2O2S/c12-10-6-8(13)3-4-11(10)14-9-2-1-5-17(15,16)7-9/h3-4,6,9,14H,1-2,5,7,13H2. The van der Waals surface area contributed by atoms with Crippen LogP contribution in [0.2, 0.25) is 5.02 Å². The minimum Gasteiger partial charge on any atom is -0.399 e. The number of sulfone groups is 1. The lowest BCUT2D eigenvalue weighted by atomic mass is 10.1. The lowest BCUT2D eigenvalue weighted by Crippen LogP contribution is -2.34. The maximum absolute atomic E-state index is 11.5. The van der Waals surface area contributed by atoms with Gasteiger partial charge in [0.1, 0.15) is 0 Å². The van der Waals surface area contributed by atoms with Crippen molar-refractivity contribution in [2.75, 3.05) is 22.6 Å². The smallest absolute Gasteiger partial charge is 0.152 e. The number of nitrogens with two attached hydrogens (primary N) is 1. The van der Waals surface area contributed by atoms with E-state index in [-0.39, 0.29) is 11.8 Å². The normalized spacial score (nSPS) is 23.2. The maximum Gasteiger partial charge on any atom is 0.152 e. The fraction of sp³-hybridized carbons (Fsp3) is 0.455. The van der Waals surface area contributed by atoms with Crippen molar-refractivity contribution in [2.45, 2.75) is 18.9 Å². The highest BCUT2D eigenvalue weighted by Gasteiger charge is 2.24. The molecule has 3 N–H and O–H groups in total. The first-order valence-electron chi connectivity index (χ1n) is 5.48. The third-order valence-corrected chi connectivity index (χ3v) is 4.95. The lowest BCUT2D eigenvalue weighted by molar-refractivity contribution is 0.562. The Balaban J connectivity index is 2.10. The third-order valence-electron chi connectivity index (χ3n) is 2.82. The summed E-state index contributed by atoms with van der Waals surface area (Å²) in [6.07, 6.45) is 1.55. The molecule has 0 aliphatic carbocycles. The van der Waals surface area contributed by atoms with Crippen molar-refractivity contribution in [2.24, 2.45) is 0 Å². The van der Waals surface area contributed by atoms with Gasteiger partial charge >= 0.3 is 0 Å². The van der Waals surface area contributed by atoms with Crippen LogP contribution in [0.25, 0.3) is 0 Å². The van der Waals surface area contributed by atoms with Gasteiger partial charge in [0.2, 0.25) is 0 Å². The molecule has 1 fully saturated rings. The van der Waals surface area contributed by atoms with Gasteiger partial charge in [-0.2, -0.15) is 0 Å². The van der Waals surface area contributed by atoms with E-state index in [1.54, 1.807) is 18.2 Å². The predicted octanol–water partition coefficient (Wildman–Crippen LogP) is 1.91. The van der Waals surface area contributed by atoms with Crippen molar-refractivity contribution in [3.8, 4) is 0 Å². The van der Waals surface area contributed by atoms with Crippen LogP contribution in [0.3, 0.4) is 0 Å². The van der Waals surface area contributed by atoms with Crippen LogP contribution >= 0.6 is 11.6 Å². The van der Waals surface area contributed by atoms with Crippen molar-refractivity contribution in [3.05, 3.63) is 23.2 Å². The van der Waals surface area contributed by atoms with Gasteiger partial charge in [-0.15, -0.1) is 0 Å². The molecule has 0 spiro atoms. The van der Waals surface area contributed by atoms with Gasteiger partial charge in [-0.05, 0) is 31.0 Å². The highest BCUT2D eigenvalue weighted by atomic mass is 35.5. The summed E-state index contributed by atoms with van der Waals surface area (Å²) >= 11 is 6.03. The average molecular weight is 275 g/mol. The molecule has 6 heteroatoms. The van der Waals surface area contributed by atoms with Crippen LogP contribution in [0.4, 0.5) is 11.4 Å². The van der Waals surface area contributed by atoms with E-state index in [0.717, 1.165) is 12.1 Å². The van der Waals surface area contributed by atoms with E-state index in [9.17, 15) is 8.42 Å². The van der Waals surface area contributed by atoms with Gasteiger partial charge in [0.05, 0.1) is 22.2 Å². The first kappa shape index (κ1) is 12.5. The topological polar surface area (TPSA) is 72.2 Å². The number of hydrogen-bond donors (Lipinski definition) is 2. The molecule has 1 heterocycles. The van der Waals surface area contributed by atoms with Gasteiger partial charge in [-0.3, -0.25) is 0 Å². The molecule has 1 aliphatic heterocycles. The Labute approximate surface area is 106 Å². The van der Waals surface area contributed by atoms with E-state index in [4.69, 9.17) is 17.3 Å². The average Bonchev–Trinajstić information content (AvgIpc) is 2.21. The number of nitrogen functional groups attached to an aromatic ring is 1.